The molecule has 0 aromatic heterocycles. The summed E-state index contributed by atoms with van der Waals surface area (Å²) < 4.78 is 2.40. The summed E-state index contributed by atoms with van der Waals surface area (Å²) in [5, 5.41) is 18.0. The number of allylic oxidation sites excluding steroid dienone is 6. The van der Waals surface area contributed by atoms with Crippen LogP contribution in [0.1, 0.15) is 90.2 Å². The van der Waals surface area contributed by atoms with Crippen molar-refractivity contribution in [3.8, 4) is 0 Å². The largest absolute Gasteiger partial charge is 0.481 e. The first-order valence-corrected chi connectivity index (χ1v) is 15.7. The molecule has 2 aliphatic heterocycles. The minimum Gasteiger partial charge on any atom is -0.481 e. The molecule has 0 atom stereocenters. The standard InChI is InChI=1S/C37H46N2O4/c1-36(2)28-18-12-14-20-30(28)38(26-16-6-10-24-34(40)41)32(36)22-8-5-9-23-33-37(3,4)29-19-13-15-21-31(29)39(33)27-17-7-11-25-35(42)43/h5,8-9,12-15,18-23H,6-7,10-11,16-17,24-27H2,1-4H3,(H-,40,41,42,43)/p+1. The van der Waals surface area contributed by atoms with E-state index in [1.165, 1.54) is 33.9 Å². The summed E-state index contributed by atoms with van der Waals surface area (Å²) in [5.41, 5.74) is 7.34. The fourth-order valence-electron chi connectivity index (χ4n) is 6.57. The molecule has 0 radical (unpaired) electrons. The average molecular weight is 584 g/mol. The maximum absolute atomic E-state index is 10.9. The van der Waals surface area contributed by atoms with Crippen LogP contribution in [-0.2, 0) is 20.4 Å². The number of fused-ring (bicyclic) bond motifs is 2. The van der Waals surface area contributed by atoms with Gasteiger partial charge in [0.05, 0.1) is 5.41 Å². The van der Waals surface area contributed by atoms with Gasteiger partial charge in [-0.05, 0) is 57.2 Å². The van der Waals surface area contributed by atoms with Gasteiger partial charge in [-0.2, -0.15) is 4.58 Å². The van der Waals surface area contributed by atoms with E-state index >= 15 is 0 Å². The normalized spacial score (nSPS) is 17.8. The Kier molecular flexibility index (Phi) is 10.4. The molecule has 43 heavy (non-hydrogen) atoms. The van der Waals surface area contributed by atoms with Crippen LogP contribution in [0.5, 0.6) is 0 Å². The van der Waals surface area contributed by atoms with E-state index in [4.69, 9.17) is 10.2 Å². The third-order valence-corrected chi connectivity index (χ3v) is 8.87. The highest BCUT2D eigenvalue weighted by Gasteiger charge is 2.43. The molecule has 0 saturated carbocycles. The molecule has 6 heteroatoms. The van der Waals surface area contributed by atoms with Gasteiger partial charge in [-0.3, -0.25) is 9.59 Å². The number of aliphatic carboxylic acids is 2. The van der Waals surface area contributed by atoms with Crippen LogP contribution in [0.25, 0.3) is 0 Å². The summed E-state index contributed by atoms with van der Waals surface area (Å²) >= 11 is 0. The highest BCUT2D eigenvalue weighted by Crippen LogP contribution is 2.47. The van der Waals surface area contributed by atoms with Gasteiger partial charge in [0.2, 0.25) is 5.69 Å². The molecule has 2 aromatic carbocycles. The minimum atomic E-state index is -0.728. The summed E-state index contributed by atoms with van der Waals surface area (Å²) in [7, 11) is 0. The average Bonchev–Trinajstić information content (AvgIpc) is 3.31. The van der Waals surface area contributed by atoms with Gasteiger partial charge in [0.25, 0.3) is 0 Å². The number of hydrogen-bond acceptors (Lipinski definition) is 3. The van der Waals surface area contributed by atoms with Gasteiger partial charge < -0.3 is 15.1 Å². The minimum absolute atomic E-state index is 0.132. The number of rotatable bonds is 15. The van der Waals surface area contributed by atoms with Gasteiger partial charge in [0, 0.05) is 60.3 Å². The van der Waals surface area contributed by atoms with Crippen LogP contribution in [0, 0.1) is 0 Å². The summed E-state index contributed by atoms with van der Waals surface area (Å²) in [6.07, 6.45) is 16.3. The lowest BCUT2D eigenvalue weighted by molar-refractivity contribution is -0.438. The van der Waals surface area contributed by atoms with Crippen LogP contribution in [0.3, 0.4) is 0 Å². The molecule has 228 valence electrons. The zero-order valence-electron chi connectivity index (χ0n) is 26.2. The van der Waals surface area contributed by atoms with Crippen molar-refractivity contribution >= 4 is 29.0 Å². The monoisotopic (exact) mass is 583 g/mol. The van der Waals surface area contributed by atoms with Gasteiger partial charge in [0.15, 0.2) is 5.71 Å². The number of anilines is 1. The maximum Gasteiger partial charge on any atom is 0.303 e. The van der Waals surface area contributed by atoms with E-state index in [2.05, 4.69) is 116 Å². The van der Waals surface area contributed by atoms with Gasteiger partial charge in [-0.1, -0.05) is 74.9 Å². The lowest BCUT2D eigenvalue weighted by Gasteiger charge is -2.27. The van der Waals surface area contributed by atoms with Crippen LogP contribution in [-0.4, -0.2) is 45.5 Å². The van der Waals surface area contributed by atoms with Crippen molar-refractivity contribution in [3.63, 3.8) is 0 Å². The Bertz CT molecular complexity index is 1440. The first-order valence-electron chi connectivity index (χ1n) is 15.7. The zero-order chi connectivity index (χ0) is 31.0. The number of para-hydroxylation sites is 2. The molecule has 0 spiro atoms. The van der Waals surface area contributed by atoms with Crippen molar-refractivity contribution in [1.82, 2.24) is 0 Å². The van der Waals surface area contributed by atoms with Crippen molar-refractivity contribution in [3.05, 3.63) is 95.7 Å². The van der Waals surface area contributed by atoms with E-state index in [0.29, 0.717) is 12.8 Å². The van der Waals surface area contributed by atoms with Gasteiger partial charge in [0.1, 0.15) is 6.54 Å². The van der Waals surface area contributed by atoms with Crippen LogP contribution in [0.2, 0.25) is 0 Å². The summed E-state index contributed by atoms with van der Waals surface area (Å²) in [5.74, 6) is -1.46. The highest BCUT2D eigenvalue weighted by atomic mass is 16.4. The van der Waals surface area contributed by atoms with Gasteiger partial charge in [-0.15, -0.1) is 0 Å². The first-order chi connectivity index (χ1) is 20.5. The second-order valence-electron chi connectivity index (χ2n) is 12.7. The summed E-state index contributed by atoms with van der Waals surface area (Å²) in [6.45, 7) is 10.8. The smallest absolute Gasteiger partial charge is 0.303 e. The molecule has 2 aromatic rings. The van der Waals surface area contributed by atoms with Gasteiger partial charge in [-0.25, -0.2) is 0 Å². The third-order valence-electron chi connectivity index (χ3n) is 8.87. The van der Waals surface area contributed by atoms with Gasteiger partial charge >= 0.3 is 11.9 Å². The number of carboxylic acids is 2. The number of nitrogens with zero attached hydrogens (tertiary/aromatic N) is 2. The predicted molar refractivity (Wildman–Crippen MR) is 175 cm³/mol. The van der Waals surface area contributed by atoms with Crippen LogP contribution in [0.4, 0.5) is 11.4 Å². The van der Waals surface area contributed by atoms with Crippen LogP contribution >= 0.6 is 0 Å². The van der Waals surface area contributed by atoms with E-state index < -0.39 is 11.9 Å². The molecule has 4 rings (SSSR count). The molecule has 2 heterocycles. The molecule has 0 fully saturated rings. The molecule has 6 nitrogen and oxygen atoms in total. The Morgan fingerprint density at radius 3 is 2.07 bits per heavy atom. The second kappa shape index (κ2) is 14.0. The van der Waals surface area contributed by atoms with Crippen molar-refractivity contribution in [1.29, 1.82) is 0 Å². The third kappa shape index (κ3) is 7.35. The number of unbranched alkanes of at least 4 members (excludes halogenated alkanes) is 4. The van der Waals surface area contributed by atoms with E-state index in [1.807, 2.05) is 0 Å². The lowest BCUT2D eigenvalue weighted by Crippen LogP contribution is -2.27. The van der Waals surface area contributed by atoms with Crippen LogP contribution in [0.15, 0.2) is 84.6 Å². The topological polar surface area (TPSA) is 80.9 Å². The Morgan fingerprint density at radius 1 is 0.744 bits per heavy atom. The molecule has 0 amide bonds. The maximum atomic E-state index is 10.9. The number of benzene rings is 2. The fourth-order valence-corrected chi connectivity index (χ4v) is 6.57. The SMILES string of the molecule is CC1(C)C(=CC=CC=CC2=[N+](CCCCCC(=O)O)c3ccccc3C2(C)C)N(CCCCCC(=O)O)c2ccccc21. The first kappa shape index (κ1) is 32.0. The Morgan fingerprint density at radius 2 is 1.37 bits per heavy atom. The molecule has 0 aliphatic carbocycles. The van der Waals surface area contributed by atoms with E-state index in [9.17, 15) is 9.59 Å². The molecule has 2 N–H and O–H groups in total. The second-order valence-corrected chi connectivity index (χ2v) is 12.7. The number of carboxylic acid groups (broad SMARTS) is 2. The Hall–Kier alpha value is -3.93. The van der Waals surface area contributed by atoms with Crippen molar-refractivity contribution < 1.29 is 24.4 Å². The molecule has 0 saturated heterocycles. The number of carbonyl (C=O) groups is 2. The summed E-state index contributed by atoms with van der Waals surface area (Å²) in [4.78, 5) is 24.2. The molecule has 0 bridgehead atoms. The van der Waals surface area contributed by atoms with Crippen molar-refractivity contribution in [2.24, 2.45) is 0 Å². The lowest BCUT2D eigenvalue weighted by atomic mass is 9.81. The van der Waals surface area contributed by atoms with Crippen molar-refractivity contribution in [2.45, 2.75) is 89.9 Å². The fraction of sp³-hybridized carbons (Fsp3) is 0.432. The highest BCUT2D eigenvalue weighted by molar-refractivity contribution is 6.03. The zero-order valence-corrected chi connectivity index (χ0v) is 26.2. The van der Waals surface area contributed by atoms with Crippen molar-refractivity contribution in [2.75, 3.05) is 18.0 Å². The quantitative estimate of drug-likeness (QED) is 0.126. The van der Waals surface area contributed by atoms with E-state index in [0.717, 1.165) is 38.8 Å². The number of hydrogen-bond donors (Lipinski definition) is 2. The summed E-state index contributed by atoms with van der Waals surface area (Å²) in [6, 6.07) is 17.2. The molecular formula is C37H47N2O4+. The Balaban J connectivity index is 1.52. The Labute approximate surface area is 256 Å². The molecular weight excluding hydrogens is 536 g/mol. The predicted octanol–water partition coefficient (Wildman–Crippen LogP) is 8.15. The van der Waals surface area contributed by atoms with E-state index in [-0.39, 0.29) is 23.7 Å². The molecule has 2 aliphatic rings. The van der Waals surface area contributed by atoms with E-state index in [1.54, 1.807) is 0 Å². The van der Waals surface area contributed by atoms with Crippen LogP contribution < -0.4 is 4.90 Å². The molecule has 0 unspecified atom stereocenters.